The second kappa shape index (κ2) is 5.81. The Morgan fingerprint density at radius 1 is 1.32 bits per heavy atom. The molecule has 3 rings (SSSR count). The molecule has 0 aliphatic carbocycles. The first-order valence-corrected chi connectivity index (χ1v) is 7.37. The fourth-order valence-corrected chi connectivity index (χ4v) is 2.73. The van der Waals surface area contributed by atoms with Gasteiger partial charge in [-0.2, -0.15) is 0 Å². The first kappa shape index (κ1) is 14.6. The Morgan fingerprint density at radius 3 is 2.82 bits per heavy atom. The van der Waals surface area contributed by atoms with E-state index in [4.69, 9.17) is 16.3 Å². The highest BCUT2D eigenvalue weighted by Gasteiger charge is 2.20. The van der Waals surface area contributed by atoms with Crippen molar-refractivity contribution in [3.05, 3.63) is 64.6 Å². The van der Waals surface area contributed by atoms with Crippen molar-refractivity contribution in [2.45, 2.75) is 13.3 Å². The van der Waals surface area contributed by atoms with Crippen LogP contribution in [0.5, 0.6) is 5.75 Å². The number of ketones is 1. The van der Waals surface area contributed by atoms with Gasteiger partial charge < -0.3 is 4.74 Å². The second-order valence-corrected chi connectivity index (χ2v) is 5.28. The molecule has 112 valence electrons. The van der Waals surface area contributed by atoms with Crippen LogP contribution in [0.25, 0.3) is 5.65 Å². The molecule has 22 heavy (non-hydrogen) atoms. The van der Waals surface area contributed by atoms with Crippen molar-refractivity contribution in [3.8, 4) is 5.75 Å². The van der Waals surface area contributed by atoms with Crippen LogP contribution in [0.4, 0.5) is 0 Å². The van der Waals surface area contributed by atoms with Gasteiger partial charge >= 0.3 is 0 Å². The van der Waals surface area contributed by atoms with E-state index in [0.717, 1.165) is 11.3 Å². The van der Waals surface area contributed by atoms with Crippen LogP contribution in [0.2, 0.25) is 5.02 Å². The van der Waals surface area contributed by atoms with Gasteiger partial charge in [-0.3, -0.25) is 9.20 Å². The van der Waals surface area contributed by atoms with Crippen LogP contribution in [-0.2, 0) is 6.42 Å². The third-order valence-electron chi connectivity index (χ3n) is 3.57. The number of nitrogens with zero attached hydrogens (tertiary/aromatic N) is 2. The summed E-state index contributed by atoms with van der Waals surface area (Å²) in [5.41, 5.74) is 2.65. The number of hydrogen-bond acceptors (Lipinski definition) is 3. The highest BCUT2D eigenvalue weighted by molar-refractivity contribution is 6.32. The Labute approximate surface area is 133 Å². The fourth-order valence-electron chi connectivity index (χ4n) is 2.48. The maximum Gasteiger partial charge on any atom is 0.211 e. The second-order valence-electron chi connectivity index (χ2n) is 4.87. The SMILES string of the molecule is CCc1nc2ccccn2c1C(=O)c1ccc(OC)c(Cl)c1. The lowest BCUT2D eigenvalue weighted by atomic mass is 10.1. The Kier molecular flexibility index (Phi) is 3.86. The topological polar surface area (TPSA) is 43.6 Å². The number of imidazole rings is 1. The maximum atomic E-state index is 12.9. The smallest absolute Gasteiger partial charge is 0.211 e. The molecule has 0 bridgehead atoms. The monoisotopic (exact) mass is 314 g/mol. The number of methoxy groups -OCH3 is 1. The third kappa shape index (κ3) is 2.35. The molecule has 2 heterocycles. The van der Waals surface area contributed by atoms with E-state index in [9.17, 15) is 4.79 Å². The number of aryl methyl sites for hydroxylation is 1. The zero-order valence-corrected chi connectivity index (χ0v) is 13.1. The van der Waals surface area contributed by atoms with Crippen LogP contribution < -0.4 is 4.74 Å². The maximum absolute atomic E-state index is 12.9. The van der Waals surface area contributed by atoms with Crippen molar-refractivity contribution < 1.29 is 9.53 Å². The van der Waals surface area contributed by atoms with Crippen molar-refractivity contribution in [1.29, 1.82) is 0 Å². The molecule has 0 N–H and O–H groups in total. The standard InChI is InChI=1S/C17H15ClN2O2/c1-3-13-16(20-9-5-4-6-15(20)19-13)17(21)11-7-8-14(22-2)12(18)10-11/h4-10H,3H2,1-2H3. The number of carbonyl (C=O) groups is 1. The molecular formula is C17H15ClN2O2. The van der Waals surface area contributed by atoms with Crippen molar-refractivity contribution in [2.24, 2.45) is 0 Å². The predicted molar refractivity (Wildman–Crippen MR) is 86.0 cm³/mol. The van der Waals surface area contributed by atoms with Gasteiger partial charge in [0.2, 0.25) is 5.78 Å². The first-order chi connectivity index (χ1) is 10.7. The molecule has 0 fully saturated rings. The summed E-state index contributed by atoms with van der Waals surface area (Å²) >= 11 is 6.13. The van der Waals surface area contributed by atoms with Crippen molar-refractivity contribution in [2.75, 3.05) is 7.11 Å². The van der Waals surface area contributed by atoms with Gasteiger partial charge in [-0.05, 0) is 36.8 Å². The molecule has 5 heteroatoms. The number of pyridine rings is 1. The summed E-state index contributed by atoms with van der Waals surface area (Å²) in [4.78, 5) is 17.4. The Balaban J connectivity index is 2.14. The molecule has 0 spiro atoms. The van der Waals surface area contributed by atoms with Crippen molar-refractivity contribution >= 4 is 23.0 Å². The zero-order valence-electron chi connectivity index (χ0n) is 12.3. The summed E-state index contributed by atoms with van der Waals surface area (Å²) in [6.45, 7) is 1.99. The normalized spacial score (nSPS) is 10.9. The molecule has 1 aromatic carbocycles. The molecule has 0 radical (unpaired) electrons. The van der Waals surface area contributed by atoms with E-state index < -0.39 is 0 Å². The minimum Gasteiger partial charge on any atom is -0.495 e. The number of benzene rings is 1. The average Bonchev–Trinajstić information content (AvgIpc) is 2.92. The molecule has 4 nitrogen and oxygen atoms in total. The summed E-state index contributed by atoms with van der Waals surface area (Å²) in [7, 11) is 1.54. The van der Waals surface area contributed by atoms with Gasteiger partial charge in [0, 0.05) is 11.8 Å². The van der Waals surface area contributed by atoms with Crippen LogP contribution >= 0.6 is 11.6 Å². The van der Waals surface area contributed by atoms with E-state index in [1.54, 1.807) is 25.3 Å². The van der Waals surface area contributed by atoms with Crippen LogP contribution in [-0.4, -0.2) is 22.3 Å². The average molecular weight is 315 g/mol. The molecule has 0 saturated carbocycles. The molecule has 0 unspecified atom stereocenters. The number of halogens is 1. The molecule has 0 aliphatic rings. The lowest BCUT2D eigenvalue weighted by Gasteiger charge is -2.07. The zero-order chi connectivity index (χ0) is 15.7. The third-order valence-corrected chi connectivity index (χ3v) is 3.86. The summed E-state index contributed by atoms with van der Waals surface area (Å²) in [6, 6.07) is 10.7. The van der Waals surface area contributed by atoms with Gasteiger partial charge in [0.25, 0.3) is 0 Å². The van der Waals surface area contributed by atoms with Crippen LogP contribution in [0.15, 0.2) is 42.6 Å². The number of ether oxygens (including phenoxy) is 1. The van der Waals surface area contributed by atoms with Crippen LogP contribution in [0.3, 0.4) is 0 Å². The number of fused-ring (bicyclic) bond motifs is 1. The van der Waals surface area contributed by atoms with Gasteiger partial charge in [0.05, 0.1) is 17.8 Å². The molecule has 3 aromatic rings. The van der Waals surface area contributed by atoms with Gasteiger partial charge in [-0.25, -0.2) is 4.98 Å². The van der Waals surface area contributed by atoms with Gasteiger partial charge in [0.1, 0.15) is 17.1 Å². The number of hydrogen-bond donors (Lipinski definition) is 0. The number of rotatable bonds is 4. The minimum atomic E-state index is -0.0971. The van der Waals surface area contributed by atoms with Gasteiger partial charge in [0.15, 0.2) is 0 Å². The first-order valence-electron chi connectivity index (χ1n) is 7.00. The quantitative estimate of drug-likeness (QED) is 0.688. The van der Waals surface area contributed by atoms with Crippen molar-refractivity contribution in [1.82, 2.24) is 9.38 Å². The van der Waals surface area contributed by atoms with Crippen LogP contribution in [0.1, 0.15) is 28.7 Å². The highest BCUT2D eigenvalue weighted by atomic mass is 35.5. The summed E-state index contributed by atoms with van der Waals surface area (Å²) in [6.07, 6.45) is 2.53. The Bertz CT molecular complexity index is 855. The molecule has 2 aromatic heterocycles. The van der Waals surface area contributed by atoms with E-state index in [-0.39, 0.29) is 5.78 Å². The Morgan fingerprint density at radius 2 is 2.14 bits per heavy atom. The van der Waals surface area contributed by atoms with Crippen molar-refractivity contribution in [3.63, 3.8) is 0 Å². The molecule has 0 aliphatic heterocycles. The van der Waals surface area contributed by atoms with E-state index in [1.165, 1.54) is 0 Å². The Hall–Kier alpha value is -2.33. The van der Waals surface area contributed by atoms with Gasteiger partial charge in [-0.1, -0.05) is 24.6 Å². The molecule has 0 atom stereocenters. The summed E-state index contributed by atoms with van der Waals surface area (Å²) < 4.78 is 6.94. The predicted octanol–water partition coefficient (Wildman–Crippen LogP) is 3.79. The fraction of sp³-hybridized carbons (Fsp3) is 0.176. The largest absolute Gasteiger partial charge is 0.495 e. The summed E-state index contributed by atoms with van der Waals surface area (Å²) in [5, 5.41) is 0.417. The lowest BCUT2D eigenvalue weighted by Crippen LogP contribution is -2.08. The molecular weight excluding hydrogens is 300 g/mol. The number of aromatic nitrogens is 2. The van der Waals surface area contributed by atoms with E-state index in [2.05, 4.69) is 4.98 Å². The number of carbonyl (C=O) groups excluding carboxylic acids is 1. The van der Waals surface area contributed by atoms with E-state index >= 15 is 0 Å². The lowest BCUT2D eigenvalue weighted by molar-refractivity contribution is 0.103. The van der Waals surface area contributed by atoms with Gasteiger partial charge in [-0.15, -0.1) is 0 Å². The van der Waals surface area contributed by atoms with E-state index in [1.807, 2.05) is 35.7 Å². The molecule has 0 amide bonds. The van der Waals surface area contributed by atoms with E-state index in [0.29, 0.717) is 28.5 Å². The highest BCUT2D eigenvalue weighted by Crippen LogP contribution is 2.27. The summed E-state index contributed by atoms with van der Waals surface area (Å²) in [5.74, 6) is 0.451. The molecule has 0 saturated heterocycles. The van der Waals surface area contributed by atoms with Crippen LogP contribution in [0, 0.1) is 0 Å². The minimum absolute atomic E-state index is 0.0971.